The molecule has 15 heteroatoms. The molecule has 0 unspecified atom stereocenters. The van der Waals surface area contributed by atoms with Crippen molar-refractivity contribution in [3.63, 3.8) is 0 Å². The van der Waals surface area contributed by atoms with Gasteiger partial charge in [0.25, 0.3) is 0 Å². The van der Waals surface area contributed by atoms with Gasteiger partial charge in [0, 0.05) is 0 Å². The molecule has 1 saturated carbocycles. The number of hydrogen-bond donors (Lipinski definition) is 6. The highest BCUT2D eigenvalue weighted by Gasteiger charge is 2.38. The van der Waals surface area contributed by atoms with E-state index < -0.39 is 54.1 Å². The number of rotatable bonds is 14. The zero-order valence-corrected chi connectivity index (χ0v) is 23.2. The van der Waals surface area contributed by atoms with Gasteiger partial charge in [0.1, 0.15) is 18.1 Å². The lowest BCUT2D eigenvalue weighted by atomic mass is 9.84. The van der Waals surface area contributed by atoms with E-state index in [-0.39, 0.29) is 24.9 Å². The summed E-state index contributed by atoms with van der Waals surface area (Å²) in [5.74, 6) is -4.82. The number of amides is 3. The molecular formula is C25H43F3N4O8. The molecule has 1 fully saturated rings. The number of carboxylic acids is 2. The minimum atomic E-state index is -5.08. The molecule has 40 heavy (non-hydrogen) atoms. The Morgan fingerprint density at radius 2 is 1.50 bits per heavy atom. The zero-order valence-electron chi connectivity index (χ0n) is 23.2. The minimum Gasteiger partial charge on any atom is -0.480 e. The number of ether oxygens (including phenoxy) is 1. The average molecular weight is 585 g/mol. The van der Waals surface area contributed by atoms with Crippen LogP contribution >= 0.6 is 0 Å². The van der Waals surface area contributed by atoms with Gasteiger partial charge >= 0.3 is 30.1 Å². The van der Waals surface area contributed by atoms with E-state index in [2.05, 4.69) is 16.0 Å². The zero-order chi connectivity index (χ0) is 30.9. The monoisotopic (exact) mass is 584 g/mol. The highest BCUT2D eigenvalue weighted by molar-refractivity contribution is 5.91. The Morgan fingerprint density at radius 3 is 1.95 bits per heavy atom. The molecule has 0 heterocycles. The van der Waals surface area contributed by atoms with Crippen molar-refractivity contribution in [3.05, 3.63) is 0 Å². The fraction of sp³-hybridized carbons (Fsp3) is 0.800. The second kappa shape index (κ2) is 19.1. The highest BCUT2D eigenvalue weighted by atomic mass is 19.4. The number of carboxylic acid groups (broad SMARTS) is 2. The molecule has 0 radical (unpaired) electrons. The number of esters is 1. The Morgan fingerprint density at radius 1 is 0.950 bits per heavy atom. The van der Waals surface area contributed by atoms with Gasteiger partial charge in [0.05, 0.1) is 6.61 Å². The summed E-state index contributed by atoms with van der Waals surface area (Å²) in [5.41, 5.74) is 5.46. The third kappa shape index (κ3) is 15.5. The number of halogens is 3. The third-order valence-corrected chi connectivity index (χ3v) is 6.21. The molecule has 0 aromatic carbocycles. The molecule has 0 aromatic rings. The first-order valence-corrected chi connectivity index (χ1v) is 13.4. The van der Waals surface area contributed by atoms with Crippen LogP contribution in [0.1, 0.15) is 78.6 Å². The molecule has 1 aliphatic rings. The van der Waals surface area contributed by atoms with Gasteiger partial charge in [-0.25, -0.2) is 19.2 Å². The molecule has 0 aromatic heterocycles. The summed E-state index contributed by atoms with van der Waals surface area (Å²) in [6.07, 6.45) is 2.05. The van der Waals surface area contributed by atoms with Crippen LogP contribution in [0, 0.1) is 11.8 Å². The molecule has 3 amide bonds. The number of alkyl halides is 3. The minimum absolute atomic E-state index is 0.198. The number of nitrogens with one attached hydrogen (secondary N) is 3. The van der Waals surface area contributed by atoms with Gasteiger partial charge in [-0.1, -0.05) is 46.0 Å². The van der Waals surface area contributed by atoms with Gasteiger partial charge in [0.15, 0.2) is 0 Å². The summed E-state index contributed by atoms with van der Waals surface area (Å²) in [6.45, 7) is 5.94. The molecule has 0 spiro atoms. The molecule has 0 aliphatic heterocycles. The van der Waals surface area contributed by atoms with Crippen LogP contribution in [-0.4, -0.2) is 77.5 Å². The maximum atomic E-state index is 13.1. The quantitative estimate of drug-likeness (QED) is 0.131. The van der Waals surface area contributed by atoms with Crippen molar-refractivity contribution < 1.29 is 52.1 Å². The summed E-state index contributed by atoms with van der Waals surface area (Å²) in [5, 5.41) is 24.4. The summed E-state index contributed by atoms with van der Waals surface area (Å²) >= 11 is 0. The summed E-state index contributed by atoms with van der Waals surface area (Å²) in [6, 6.07) is -3.51. The van der Waals surface area contributed by atoms with Crippen LogP contribution in [0.5, 0.6) is 0 Å². The van der Waals surface area contributed by atoms with E-state index in [0.717, 1.165) is 32.1 Å². The highest BCUT2D eigenvalue weighted by Crippen LogP contribution is 2.27. The average Bonchev–Trinajstić information content (AvgIpc) is 2.86. The Balaban J connectivity index is 0.00000191. The predicted molar refractivity (Wildman–Crippen MR) is 138 cm³/mol. The lowest BCUT2D eigenvalue weighted by Gasteiger charge is -2.29. The topological polar surface area (TPSA) is 197 Å². The lowest BCUT2D eigenvalue weighted by Crippen LogP contribution is -2.57. The molecule has 3 atom stereocenters. The van der Waals surface area contributed by atoms with Crippen molar-refractivity contribution in [2.75, 3.05) is 13.2 Å². The SMILES string of the molecule is CCOC(=O)[C@@H](NC(=O)[C@@H](CC1CCCCC1)NC(=O)N[C@@H](CCCCN)C(=O)O)C(C)C.O=C(O)C(F)(F)F. The van der Waals surface area contributed by atoms with E-state index in [1.807, 2.05) is 0 Å². The fourth-order valence-electron chi connectivity index (χ4n) is 4.08. The Kier molecular flexibility index (Phi) is 17.6. The number of hydrogen-bond acceptors (Lipinski definition) is 7. The summed E-state index contributed by atoms with van der Waals surface area (Å²) < 4.78 is 36.8. The Labute approximate surface area is 231 Å². The van der Waals surface area contributed by atoms with Crippen molar-refractivity contribution in [2.45, 2.75) is 103 Å². The molecule has 12 nitrogen and oxygen atoms in total. The van der Waals surface area contributed by atoms with Crippen LogP contribution in [0.15, 0.2) is 0 Å². The van der Waals surface area contributed by atoms with E-state index in [0.29, 0.717) is 25.8 Å². The van der Waals surface area contributed by atoms with E-state index in [1.54, 1.807) is 20.8 Å². The first kappa shape index (κ1) is 36.9. The first-order chi connectivity index (χ1) is 18.6. The Bertz CT molecular complexity index is 820. The first-order valence-electron chi connectivity index (χ1n) is 13.4. The lowest BCUT2D eigenvalue weighted by molar-refractivity contribution is -0.192. The van der Waals surface area contributed by atoms with Crippen molar-refractivity contribution in [2.24, 2.45) is 17.6 Å². The van der Waals surface area contributed by atoms with Gasteiger partial charge in [-0.05, 0) is 51.0 Å². The normalized spacial score (nSPS) is 16.0. The van der Waals surface area contributed by atoms with E-state index in [4.69, 9.17) is 20.4 Å². The Hall–Kier alpha value is -3.10. The second-order valence-electron chi connectivity index (χ2n) is 9.87. The van der Waals surface area contributed by atoms with Crippen molar-refractivity contribution >= 4 is 29.8 Å². The second-order valence-corrected chi connectivity index (χ2v) is 9.87. The number of urea groups is 1. The van der Waals surface area contributed by atoms with Gasteiger partial charge in [-0.2, -0.15) is 13.2 Å². The van der Waals surface area contributed by atoms with Crippen molar-refractivity contribution in [3.8, 4) is 0 Å². The van der Waals surface area contributed by atoms with Crippen molar-refractivity contribution in [1.82, 2.24) is 16.0 Å². The van der Waals surface area contributed by atoms with Gasteiger partial charge in [-0.15, -0.1) is 0 Å². The van der Waals surface area contributed by atoms with Crippen LogP contribution in [0.3, 0.4) is 0 Å². The number of unbranched alkanes of at least 4 members (excludes halogenated alkanes) is 1. The third-order valence-electron chi connectivity index (χ3n) is 6.21. The number of nitrogens with two attached hydrogens (primary N) is 1. The molecule has 1 rings (SSSR count). The molecular weight excluding hydrogens is 541 g/mol. The smallest absolute Gasteiger partial charge is 0.480 e. The van der Waals surface area contributed by atoms with Gasteiger partial charge in [0.2, 0.25) is 5.91 Å². The van der Waals surface area contributed by atoms with Gasteiger partial charge in [-0.3, -0.25) is 4.79 Å². The van der Waals surface area contributed by atoms with Crippen LogP contribution in [0.25, 0.3) is 0 Å². The number of carbonyl (C=O) groups excluding carboxylic acids is 3. The molecule has 0 saturated heterocycles. The number of carbonyl (C=O) groups is 5. The molecule has 1 aliphatic carbocycles. The molecule has 7 N–H and O–H groups in total. The maximum Gasteiger partial charge on any atom is 0.490 e. The summed E-state index contributed by atoms with van der Waals surface area (Å²) in [4.78, 5) is 58.4. The number of aliphatic carboxylic acids is 2. The molecule has 0 bridgehead atoms. The van der Waals surface area contributed by atoms with Crippen LogP contribution in [-0.2, 0) is 23.9 Å². The molecule has 232 valence electrons. The maximum absolute atomic E-state index is 13.1. The van der Waals surface area contributed by atoms with E-state index in [9.17, 15) is 37.5 Å². The standard InChI is InChI=1S/C23H42N4O6.C2HF3O2/c1-4-33-22(31)19(15(2)3)27-20(28)18(14-16-10-6-5-7-11-16)26-23(32)25-17(21(29)30)12-8-9-13-24;3-2(4,5)1(6)7/h15-19H,4-14,24H2,1-3H3,(H,27,28)(H,29,30)(H2,25,26,32);(H,6,7)/t17-,18+,19-;/m0./s1. The van der Waals surface area contributed by atoms with Gasteiger partial charge < -0.3 is 36.6 Å². The van der Waals surface area contributed by atoms with Crippen molar-refractivity contribution in [1.29, 1.82) is 0 Å². The van der Waals surface area contributed by atoms with Crippen LogP contribution in [0.4, 0.5) is 18.0 Å². The summed E-state index contributed by atoms with van der Waals surface area (Å²) in [7, 11) is 0. The fourth-order valence-corrected chi connectivity index (χ4v) is 4.08. The van der Waals surface area contributed by atoms with E-state index >= 15 is 0 Å². The van der Waals surface area contributed by atoms with Crippen LogP contribution < -0.4 is 21.7 Å². The predicted octanol–water partition coefficient (Wildman–Crippen LogP) is 2.54. The largest absolute Gasteiger partial charge is 0.490 e. The van der Waals surface area contributed by atoms with E-state index in [1.165, 1.54) is 0 Å². The van der Waals surface area contributed by atoms with Crippen LogP contribution in [0.2, 0.25) is 0 Å².